The van der Waals surface area contributed by atoms with E-state index in [2.05, 4.69) is 16.0 Å². The van der Waals surface area contributed by atoms with Crippen molar-refractivity contribution >= 4 is 24.2 Å². The van der Waals surface area contributed by atoms with Gasteiger partial charge >= 0.3 is 5.97 Å². The van der Waals surface area contributed by atoms with Crippen LogP contribution >= 0.6 is 0 Å². The first-order chi connectivity index (χ1) is 12.4. The van der Waals surface area contributed by atoms with Crippen LogP contribution in [0.25, 0.3) is 0 Å². The number of benzene rings is 1. The summed E-state index contributed by atoms with van der Waals surface area (Å²) >= 11 is 0. The Labute approximate surface area is 152 Å². The highest BCUT2D eigenvalue weighted by Crippen LogP contribution is 2.05. The van der Waals surface area contributed by atoms with Crippen LogP contribution in [-0.2, 0) is 30.5 Å². The van der Waals surface area contributed by atoms with E-state index in [1.165, 1.54) is 0 Å². The molecule has 0 saturated carbocycles. The molecule has 1 unspecified atom stereocenters. The van der Waals surface area contributed by atoms with Crippen molar-refractivity contribution in [1.29, 1.82) is 0 Å². The van der Waals surface area contributed by atoms with Crippen LogP contribution in [-0.4, -0.2) is 43.3 Å². The molecule has 1 aromatic carbocycles. The third-order valence-electron chi connectivity index (χ3n) is 3.35. The molecule has 0 saturated heterocycles. The van der Waals surface area contributed by atoms with Crippen LogP contribution in [0.4, 0.5) is 0 Å². The van der Waals surface area contributed by atoms with Gasteiger partial charge in [-0.2, -0.15) is 0 Å². The number of rotatable bonds is 11. The first-order valence-electron chi connectivity index (χ1n) is 8.36. The van der Waals surface area contributed by atoms with Gasteiger partial charge in [-0.15, -0.1) is 0 Å². The predicted octanol–water partition coefficient (Wildman–Crippen LogP) is 0.123. The molecular formula is C18H25N3O5. The summed E-state index contributed by atoms with van der Waals surface area (Å²) in [5.74, 6) is -1.38. The zero-order chi connectivity index (χ0) is 19.4. The monoisotopic (exact) mass is 363 g/mol. The molecule has 0 aliphatic heterocycles. The number of carbonyl (C=O) groups excluding carboxylic acids is 4. The van der Waals surface area contributed by atoms with Crippen LogP contribution < -0.4 is 16.0 Å². The van der Waals surface area contributed by atoms with Gasteiger partial charge in [-0.1, -0.05) is 44.2 Å². The van der Waals surface area contributed by atoms with E-state index in [0.717, 1.165) is 5.56 Å². The maximum absolute atomic E-state index is 12.2. The molecule has 0 radical (unpaired) electrons. The van der Waals surface area contributed by atoms with Crippen molar-refractivity contribution in [3.8, 4) is 0 Å². The van der Waals surface area contributed by atoms with Crippen LogP contribution in [0.15, 0.2) is 30.3 Å². The summed E-state index contributed by atoms with van der Waals surface area (Å²) in [4.78, 5) is 45.9. The Morgan fingerprint density at radius 1 is 1.12 bits per heavy atom. The van der Waals surface area contributed by atoms with Gasteiger partial charge in [0.15, 0.2) is 0 Å². The summed E-state index contributed by atoms with van der Waals surface area (Å²) in [6, 6.07) is 8.39. The highest BCUT2D eigenvalue weighted by molar-refractivity contribution is 5.90. The van der Waals surface area contributed by atoms with Crippen LogP contribution in [0.2, 0.25) is 0 Å². The highest BCUT2D eigenvalue weighted by Gasteiger charge is 2.22. The largest absolute Gasteiger partial charge is 0.460 e. The number of esters is 1. The quantitative estimate of drug-likeness (QED) is 0.382. The maximum Gasteiger partial charge on any atom is 0.325 e. The fourth-order valence-corrected chi connectivity index (χ4v) is 2.15. The van der Waals surface area contributed by atoms with Gasteiger partial charge in [0, 0.05) is 0 Å². The van der Waals surface area contributed by atoms with Crippen LogP contribution in [0.1, 0.15) is 25.8 Å². The van der Waals surface area contributed by atoms with E-state index >= 15 is 0 Å². The Morgan fingerprint density at radius 2 is 1.81 bits per heavy atom. The SMILES string of the molecule is CC(C)CC(NC(=O)CNC=O)C(=O)NCC(=O)OCc1ccccc1. The summed E-state index contributed by atoms with van der Waals surface area (Å²) in [7, 11) is 0. The Hall–Kier alpha value is -2.90. The Bertz CT molecular complexity index is 604. The molecule has 1 atom stereocenters. The maximum atomic E-state index is 12.2. The van der Waals surface area contributed by atoms with Crippen molar-refractivity contribution in [2.24, 2.45) is 5.92 Å². The lowest BCUT2D eigenvalue weighted by atomic mass is 10.0. The minimum absolute atomic E-state index is 0.124. The summed E-state index contributed by atoms with van der Waals surface area (Å²) < 4.78 is 5.08. The number of carbonyl (C=O) groups is 4. The number of hydrogen-bond donors (Lipinski definition) is 3. The second kappa shape index (κ2) is 11.6. The van der Waals surface area contributed by atoms with E-state index in [4.69, 9.17) is 4.74 Å². The normalized spacial score (nSPS) is 11.3. The van der Waals surface area contributed by atoms with E-state index in [9.17, 15) is 19.2 Å². The number of amides is 3. The van der Waals surface area contributed by atoms with Crippen LogP contribution in [0, 0.1) is 5.92 Å². The third-order valence-corrected chi connectivity index (χ3v) is 3.35. The molecule has 0 bridgehead atoms. The number of ether oxygens (including phenoxy) is 1. The molecule has 142 valence electrons. The minimum atomic E-state index is -0.794. The van der Waals surface area contributed by atoms with Gasteiger partial charge in [-0.05, 0) is 17.9 Å². The molecule has 8 heteroatoms. The fraction of sp³-hybridized carbons (Fsp3) is 0.444. The molecule has 8 nitrogen and oxygen atoms in total. The van der Waals surface area contributed by atoms with Gasteiger partial charge < -0.3 is 20.7 Å². The van der Waals surface area contributed by atoms with Crippen molar-refractivity contribution in [2.75, 3.05) is 13.1 Å². The molecule has 3 N–H and O–H groups in total. The lowest BCUT2D eigenvalue weighted by Gasteiger charge is -2.20. The van der Waals surface area contributed by atoms with Crippen molar-refractivity contribution in [1.82, 2.24) is 16.0 Å². The molecule has 0 aromatic heterocycles. The lowest BCUT2D eigenvalue weighted by molar-refractivity contribution is -0.145. The lowest BCUT2D eigenvalue weighted by Crippen LogP contribution is -2.50. The molecule has 1 aromatic rings. The van der Waals surface area contributed by atoms with Crippen molar-refractivity contribution < 1.29 is 23.9 Å². The van der Waals surface area contributed by atoms with Crippen molar-refractivity contribution in [3.63, 3.8) is 0 Å². The van der Waals surface area contributed by atoms with E-state index in [1.54, 1.807) is 0 Å². The van der Waals surface area contributed by atoms with E-state index in [-0.39, 0.29) is 25.6 Å². The first kappa shape index (κ1) is 21.1. The minimum Gasteiger partial charge on any atom is -0.460 e. The van der Waals surface area contributed by atoms with E-state index in [1.807, 2.05) is 44.2 Å². The Kier molecular flexibility index (Phi) is 9.45. The molecule has 0 heterocycles. The number of hydrogen-bond acceptors (Lipinski definition) is 5. The standard InChI is InChI=1S/C18H25N3O5/c1-13(2)8-15(21-16(23)9-19-12-22)18(25)20-10-17(24)26-11-14-6-4-3-5-7-14/h3-7,12-13,15H,8-11H2,1-2H3,(H,19,22)(H,20,25)(H,21,23). The van der Waals surface area contributed by atoms with Gasteiger partial charge in [-0.3, -0.25) is 19.2 Å². The Morgan fingerprint density at radius 3 is 2.42 bits per heavy atom. The average molecular weight is 363 g/mol. The zero-order valence-electron chi connectivity index (χ0n) is 15.0. The zero-order valence-corrected chi connectivity index (χ0v) is 15.0. The molecule has 1 rings (SSSR count). The van der Waals surface area contributed by atoms with Gasteiger partial charge in [0.05, 0.1) is 6.54 Å². The van der Waals surface area contributed by atoms with Gasteiger partial charge in [-0.25, -0.2) is 0 Å². The second-order valence-corrected chi connectivity index (χ2v) is 6.11. The molecule has 0 aliphatic carbocycles. The van der Waals surface area contributed by atoms with E-state index < -0.39 is 23.8 Å². The molecule has 0 aliphatic rings. The molecule has 0 spiro atoms. The molecule has 26 heavy (non-hydrogen) atoms. The van der Waals surface area contributed by atoms with Gasteiger partial charge in [0.2, 0.25) is 18.2 Å². The molecule has 0 fully saturated rings. The van der Waals surface area contributed by atoms with Crippen LogP contribution in [0.3, 0.4) is 0 Å². The summed E-state index contributed by atoms with van der Waals surface area (Å²) in [5.41, 5.74) is 0.847. The van der Waals surface area contributed by atoms with Crippen LogP contribution in [0.5, 0.6) is 0 Å². The first-order valence-corrected chi connectivity index (χ1v) is 8.36. The van der Waals surface area contributed by atoms with Gasteiger partial charge in [0.1, 0.15) is 19.2 Å². The summed E-state index contributed by atoms with van der Waals surface area (Å²) in [6.07, 6.45) is 0.803. The molecule has 3 amide bonds. The third kappa shape index (κ3) is 8.81. The number of nitrogens with one attached hydrogen (secondary N) is 3. The topological polar surface area (TPSA) is 114 Å². The second-order valence-electron chi connectivity index (χ2n) is 6.11. The molecular weight excluding hydrogens is 338 g/mol. The summed E-state index contributed by atoms with van der Waals surface area (Å²) in [6.45, 7) is 3.43. The van der Waals surface area contributed by atoms with Crippen molar-refractivity contribution in [3.05, 3.63) is 35.9 Å². The van der Waals surface area contributed by atoms with Crippen molar-refractivity contribution in [2.45, 2.75) is 32.9 Å². The summed E-state index contributed by atoms with van der Waals surface area (Å²) in [5, 5.41) is 7.24. The fourth-order valence-electron chi connectivity index (χ4n) is 2.15. The van der Waals surface area contributed by atoms with Gasteiger partial charge in [0.25, 0.3) is 0 Å². The predicted molar refractivity (Wildman–Crippen MR) is 94.7 cm³/mol. The average Bonchev–Trinajstić information content (AvgIpc) is 2.62. The van der Waals surface area contributed by atoms with E-state index in [0.29, 0.717) is 12.8 Å². The Balaban J connectivity index is 2.45. The smallest absolute Gasteiger partial charge is 0.325 e. The highest BCUT2D eigenvalue weighted by atomic mass is 16.5.